The second-order valence-electron chi connectivity index (χ2n) is 8.00. The Kier molecular flexibility index (Phi) is 6.17. The molecule has 0 aliphatic heterocycles. The SMILES string of the molecule is COc1ccc([C@H](c2c[nH]c3ccccc23)N(C)C(=O)COc2ccc(C)c(C)c2)cc1. The maximum atomic E-state index is 13.2. The molecule has 1 atom stereocenters. The zero-order chi connectivity index (χ0) is 22.7. The van der Waals surface area contributed by atoms with Crippen molar-refractivity contribution >= 4 is 16.8 Å². The summed E-state index contributed by atoms with van der Waals surface area (Å²) in [5.41, 5.74) is 5.40. The highest BCUT2D eigenvalue weighted by Crippen LogP contribution is 2.34. The highest BCUT2D eigenvalue weighted by atomic mass is 16.5. The fraction of sp³-hybridized carbons (Fsp3) is 0.222. The molecule has 0 saturated carbocycles. The number of fused-ring (bicyclic) bond motifs is 1. The Morgan fingerprint density at radius 1 is 0.969 bits per heavy atom. The monoisotopic (exact) mass is 428 g/mol. The minimum atomic E-state index is -0.270. The number of hydrogen-bond donors (Lipinski definition) is 1. The van der Waals surface area contributed by atoms with E-state index in [0.29, 0.717) is 5.75 Å². The average molecular weight is 429 g/mol. The third-order valence-corrected chi connectivity index (χ3v) is 5.97. The van der Waals surface area contributed by atoms with Gasteiger partial charge in [0.05, 0.1) is 13.2 Å². The Hall–Kier alpha value is -3.73. The Morgan fingerprint density at radius 2 is 1.69 bits per heavy atom. The number of ether oxygens (including phenoxy) is 2. The molecule has 1 heterocycles. The second kappa shape index (κ2) is 9.18. The minimum absolute atomic E-state index is 0.0337. The first kappa shape index (κ1) is 21.5. The van der Waals surface area contributed by atoms with Crippen molar-refractivity contribution in [2.45, 2.75) is 19.9 Å². The lowest BCUT2D eigenvalue weighted by atomic mass is 9.96. The van der Waals surface area contributed by atoms with E-state index >= 15 is 0 Å². The van der Waals surface area contributed by atoms with Crippen molar-refractivity contribution in [3.05, 3.63) is 95.2 Å². The molecule has 5 nitrogen and oxygen atoms in total. The Labute approximate surface area is 188 Å². The van der Waals surface area contributed by atoms with E-state index in [4.69, 9.17) is 9.47 Å². The molecule has 1 aromatic heterocycles. The number of aryl methyl sites for hydroxylation is 2. The second-order valence-corrected chi connectivity index (χ2v) is 8.00. The molecule has 0 aliphatic carbocycles. The normalized spacial score (nSPS) is 11.9. The summed E-state index contributed by atoms with van der Waals surface area (Å²) in [6.07, 6.45) is 1.98. The molecule has 1 amide bonds. The number of aromatic nitrogens is 1. The number of carbonyl (C=O) groups excluding carboxylic acids is 1. The number of likely N-dealkylation sites (N-methyl/N-ethyl adjacent to an activating group) is 1. The van der Waals surface area contributed by atoms with Gasteiger partial charge in [-0.05, 0) is 60.9 Å². The lowest BCUT2D eigenvalue weighted by Gasteiger charge is -2.29. The number of H-pyrrole nitrogens is 1. The van der Waals surface area contributed by atoms with E-state index in [1.54, 1.807) is 12.0 Å². The van der Waals surface area contributed by atoms with Crippen LogP contribution in [0.4, 0.5) is 0 Å². The van der Waals surface area contributed by atoms with Crippen molar-refractivity contribution in [3.8, 4) is 11.5 Å². The number of nitrogens with one attached hydrogen (secondary N) is 1. The lowest BCUT2D eigenvalue weighted by molar-refractivity contribution is -0.133. The predicted molar refractivity (Wildman–Crippen MR) is 127 cm³/mol. The number of amides is 1. The molecule has 0 fully saturated rings. The van der Waals surface area contributed by atoms with Crippen LogP contribution in [0.15, 0.2) is 72.9 Å². The molecular formula is C27H28N2O3. The van der Waals surface area contributed by atoms with Gasteiger partial charge in [0, 0.05) is 29.7 Å². The van der Waals surface area contributed by atoms with Crippen molar-refractivity contribution in [2.24, 2.45) is 0 Å². The van der Waals surface area contributed by atoms with Gasteiger partial charge in [-0.15, -0.1) is 0 Å². The number of para-hydroxylation sites is 1. The number of aromatic amines is 1. The first-order valence-corrected chi connectivity index (χ1v) is 10.6. The summed E-state index contributed by atoms with van der Waals surface area (Å²) >= 11 is 0. The molecule has 0 aliphatic rings. The molecular weight excluding hydrogens is 400 g/mol. The maximum Gasteiger partial charge on any atom is 0.261 e. The van der Waals surface area contributed by atoms with E-state index in [2.05, 4.69) is 18.0 Å². The molecule has 3 aromatic carbocycles. The van der Waals surface area contributed by atoms with Crippen molar-refractivity contribution in [1.82, 2.24) is 9.88 Å². The van der Waals surface area contributed by atoms with E-state index in [9.17, 15) is 4.79 Å². The Morgan fingerprint density at radius 3 is 2.41 bits per heavy atom. The highest BCUT2D eigenvalue weighted by Gasteiger charge is 2.26. The van der Waals surface area contributed by atoms with E-state index in [1.807, 2.05) is 80.8 Å². The summed E-state index contributed by atoms with van der Waals surface area (Å²) in [5, 5.41) is 1.09. The number of nitrogens with zero attached hydrogens (tertiary/aromatic N) is 1. The van der Waals surface area contributed by atoms with Crippen molar-refractivity contribution < 1.29 is 14.3 Å². The van der Waals surface area contributed by atoms with Crippen LogP contribution in [0.3, 0.4) is 0 Å². The summed E-state index contributed by atoms with van der Waals surface area (Å²) in [6, 6.07) is 21.5. The smallest absolute Gasteiger partial charge is 0.261 e. The van der Waals surface area contributed by atoms with Gasteiger partial charge >= 0.3 is 0 Å². The van der Waals surface area contributed by atoms with Crippen molar-refractivity contribution in [2.75, 3.05) is 20.8 Å². The van der Waals surface area contributed by atoms with Gasteiger partial charge in [-0.3, -0.25) is 4.79 Å². The molecule has 0 unspecified atom stereocenters. The van der Waals surface area contributed by atoms with Crippen LogP contribution >= 0.6 is 0 Å². The Bertz CT molecular complexity index is 1230. The minimum Gasteiger partial charge on any atom is -0.497 e. The van der Waals surface area contributed by atoms with Crippen LogP contribution in [0.25, 0.3) is 10.9 Å². The average Bonchev–Trinajstić information content (AvgIpc) is 3.24. The van der Waals surface area contributed by atoms with Gasteiger partial charge in [0.1, 0.15) is 11.5 Å². The van der Waals surface area contributed by atoms with Gasteiger partial charge in [0.15, 0.2) is 6.61 Å². The summed E-state index contributed by atoms with van der Waals surface area (Å²) in [7, 11) is 3.47. The number of methoxy groups -OCH3 is 1. The first-order chi connectivity index (χ1) is 15.5. The van der Waals surface area contributed by atoms with Crippen LogP contribution in [0.2, 0.25) is 0 Å². The fourth-order valence-corrected chi connectivity index (χ4v) is 3.91. The van der Waals surface area contributed by atoms with E-state index in [1.165, 1.54) is 5.56 Å². The van der Waals surface area contributed by atoms with E-state index < -0.39 is 0 Å². The van der Waals surface area contributed by atoms with Crippen LogP contribution in [0, 0.1) is 13.8 Å². The molecule has 0 saturated heterocycles. The molecule has 1 N–H and O–H groups in total. The number of hydrogen-bond acceptors (Lipinski definition) is 3. The van der Waals surface area contributed by atoms with Crippen LogP contribution in [0.1, 0.15) is 28.3 Å². The summed E-state index contributed by atoms with van der Waals surface area (Å²) < 4.78 is 11.1. The zero-order valence-corrected chi connectivity index (χ0v) is 18.9. The third kappa shape index (κ3) is 4.33. The number of carbonyl (C=O) groups is 1. The molecule has 32 heavy (non-hydrogen) atoms. The Balaban J connectivity index is 1.63. The molecule has 5 heteroatoms. The topological polar surface area (TPSA) is 54.6 Å². The number of rotatable bonds is 7. The largest absolute Gasteiger partial charge is 0.497 e. The van der Waals surface area contributed by atoms with Crippen LogP contribution in [-0.4, -0.2) is 36.6 Å². The van der Waals surface area contributed by atoms with Crippen LogP contribution in [0.5, 0.6) is 11.5 Å². The van der Waals surface area contributed by atoms with E-state index in [-0.39, 0.29) is 18.6 Å². The number of benzene rings is 3. The summed E-state index contributed by atoms with van der Waals surface area (Å²) in [5.74, 6) is 1.37. The molecule has 0 spiro atoms. The third-order valence-electron chi connectivity index (χ3n) is 5.97. The fourth-order valence-electron chi connectivity index (χ4n) is 3.91. The summed E-state index contributed by atoms with van der Waals surface area (Å²) in [4.78, 5) is 18.3. The van der Waals surface area contributed by atoms with Crippen LogP contribution < -0.4 is 9.47 Å². The molecule has 4 rings (SSSR count). The quantitative estimate of drug-likeness (QED) is 0.428. The van der Waals surface area contributed by atoms with Gasteiger partial charge in [0.25, 0.3) is 5.91 Å². The lowest BCUT2D eigenvalue weighted by Crippen LogP contribution is -2.35. The highest BCUT2D eigenvalue weighted by molar-refractivity contribution is 5.85. The van der Waals surface area contributed by atoms with Crippen molar-refractivity contribution in [3.63, 3.8) is 0 Å². The standard InChI is InChI=1S/C27H28N2O3/c1-18-9-12-22(15-19(18)2)32-17-26(30)29(3)27(20-10-13-21(31-4)14-11-20)24-16-28-25-8-6-5-7-23(24)25/h5-16,27-28H,17H2,1-4H3/t27-/m1/s1. The van der Waals surface area contributed by atoms with Gasteiger partial charge in [0.2, 0.25) is 0 Å². The van der Waals surface area contributed by atoms with Gasteiger partial charge in [-0.2, -0.15) is 0 Å². The molecule has 164 valence electrons. The zero-order valence-electron chi connectivity index (χ0n) is 18.9. The molecule has 4 aromatic rings. The molecule has 0 radical (unpaired) electrons. The predicted octanol–water partition coefficient (Wildman–Crippen LogP) is 5.42. The van der Waals surface area contributed by atoms with Gasteiger partial charge in [-0.25, -0.2) is 0 Å². The first-order valence-electron chi connectivity index (χ1n) is 10.6. The van der Waals surface area contributed by atoms with Gasteiger partial charge < -0.3 is 19.4 Å². The van der Waals surface area contributed by atoms with Crippen molar-refractivity contribution in [1.29, 1.82) is 0 Å². The molecule has 0 bridgehead atoms. The van der Waals surface area contributed by atoms with E-state index in [0.717, 1.165) is 33.3 Å². The van der Waals surface area contributed by atoms with Crippen LogP contribution in [-0.2, 0) is 4.79 Å². The summed E-state index contributed by atoms with van der Waals surface area (Å²) in [6.45, 7) is 4.06. The van der Waals surface area contributed by atoms with Gasteiger partial charge in [-0.1, -0.05) is 36.4 Å². The maximum absolute atomic E-state index is 13.2.